The normalized spacial score (nSPS) is 14.0. The average Bonchev–Trinajstić information content (AvgIpc) is 3.01. The van der Waals surface area contributed by atoms with Crippen molar-refractivity contribution in [1.82, 2.24) is 4.37 Å². The Labute approximate surface area is 142 Å². The molecule has 0 aliphatic carbocycles. The van der Waals surface area contributed by atoms with Gasteiger partial charge in [0.25, 0.3) is 0 Å². The van der Waals surface area contributed by atoms with E-state index in [0.717, 1.165) is 5.69 Å². The summed E-state index contributed by atoms with van der Waals surface area (Å²) < 4.78 is 4.53. The Morgan fingerprint density at radius 3 is 2.09 bits per heavy atom. The summed E-state index contributed by atoms with van der Waals surface area (Å²) >= 11 is 1.59. The van der Waals surface area contributed by atoms with E-state index in [9.17, 15) is 0 Å². The van der Waals surface area contributed by atoms with Gasteiger partial charge in [0.05, 0.1) is 5.69 Å². The van der Waals surface area contributed by atoms with Crippen molar-refractivity contribution in [2.45, 2.75) is 96.8 Å². The van der Waals surface area contributed by atoms with Crippen LogP contribution in [0.5, 0.6) is 0 Å². The predicted molar refractivity (Wildman–Crippen MR) is 102 cm³/mol. The van der Waals surface area contributed by atoms with E-state index in [2.05, 4.69) is 37.1 Å². The fraction of sp³-hybridized carbons (Fsp3) is 0.750. The zero-order chi connectivity index (χ0) is 16.3. The van der Waals surface area contributed by atoms with Crippen molar-refractivity contribution < 1.29 is 0 Å². The summed E-state index contributed by atoms with van der Waals surface area (Å²) in [6.45, 7) is 11.0. The maximum Gasteiger partial charge on any atom is 0.0799 e. The lowest BCUT2D eigenvalue weighted by Gasteiger charge is -2.30. The lowest BCUT2D eigenvalue weighted by Crippen LogP contribution is -2.22. The molecule has 0 radical (unpaired) electrons. The van der Waals surface area contributed by atoms with Crippen LogP contribution in [-0.2, 0) is 5.41 Å². The maximum absolute atomic E-state index is 4.53. The van der Waals surface area contributed by atoms with Gasteiger partial charge in [0.1, 0.15) is 0 Å². The molecule has 1 rings (SSSR count). The number of unbranched alkanes of at least 4 members (excludes halogenated alkanes) is 7. The average molecular weight is 322 g/mol. The minimum Gasteiger partial charge on any atom is -0.193 e. The molecule has 0 aliphatic rings. The molecule has 0 amide bonds. The highest BCUT2D eigenvalue weighted by Crippen LogP contribution is 2.38. The highest BCUT2D eigenvalue weighted by Gasteiger charge is 2.28. The predicted octanol–water partition coefficient (Wildman–Crippen LogP) is 7.37. The van der Waals surface area contributed by atoms with Crippen molar-refractivity contribution in [3.8, 4) is 0 Å². The molecule has 0 saturated heterocycles. The molecule has 2 heteroatoms. The van der Waals surface area contributed by atoms with E-state index in [1.54, 1.807) is 11.5 Å². The van der Waals surface area contributed by atoms with Gasteiger partial charge in [-0.3, -0.25) is 0 Å². The molecule has 0 fully saturated rings. The third-order valence-electron chi connectivity index (χ3n) is 4.86. The van der Waals surface area contributed by atoms with Crippen LogP contribution in [0.3, 0.4) is 0 Å². The summed E-state index contributed by atoms with van der Waals surface area (Å²) in [6, 6.07) is 0. The molecule has 0 spiro atoms. The largest absolute Gasteiger partial charge is 0.193 e. The Bertz CT molecular complexity index is 410. The fourth-order valence-electron chi connectivity index (χ4n) is 3.30. The molecule has 1 heterocycles. The number of nitrogens with zero attached hydrogens (tertiary/aromatic N) is 1. The van der Waals surface area contributed by atoms with Crippen LogP contribution in [0.2, 0.25) is 0 Å². The molecule has 0 bridgehead atoms. The van der Waals surface area contributed by atoms with Crippen LogP contribution >= 0.6 is 11.5 Å². The first-order valence-corrected chi connectivity index (χ1v) is 10.1. The Kier molecular flexibility index (Phi) is 9.70. The highest BCUT2D eigenvalue weighted by molar-refractivity contribution is 7.03. The summed E-state index contributed by atoms with van der Waals surface area (Å²) in [6.07, 6.45) is 16.7. The van der Waals surface area contributed by atoms with Crippen LogP contribution in [0, 0.1) is 0 Å². The smallest absolute Gasteiger partial charge is 0.0799 e. The first kappa shape index (κ1) is 19.4. The minimum atomic E-state index is 0.288. The van der Waals surface area contributed by atoms with E-state index in [4.69, 9.17) is 0 Å². The standard InChI is InChI=1S/C20H35NS/c1-5-8-10-12-14-16-20(4,15-13-11-9-6-2)18-17-22-21-19(18)7-3/h7,17H,3,5-6,8-16H2,1-2,4H3. The van der Waals surface area contributed by atoms with Crippen LogP contribution in [0.15, 0.2) is 12.0 Å². The van der Waals surface area contributed by atoms with Crippen LogP contribution in [0.4, 0.5) is 0 Å². The van der Waals surface area contributed by atoms with Crippen LogP contribution < -0.4 is 0 Å². The molecule has 0 saturated carbocycles. The number of aromatic nitrogens is 1. The van der Waals surface area contributed by atoms with E-state index in [-0.39, 0.29) is 5.41 Å². The quantitative estimate of drug-likeness (QED) is 0.345. The van der Waals surface area contributed by atoms with Crippen molar-refractivity contribution in [1.29, 1.82) is 0 Å². The second-order valence-corrected chi connectivity index (χ2v) is 7.48. The summed E-state index contributed by atoms with van der Waals surface area (Å²) in [4.78, 5) is 0. The maximum atomic E-state index is 4.53. The molecule has 1 nitrogen and oxygen atoms in total. The van der Waals surface area contributed by atoms with Gasteiger partial charge >= 0.3 is 0 Å². The first-order valence-electron chi connectivity index (χ1n) is 9.25. The van der Waals surface area contributed by atoms with E-state index in [0.29, 0.717) is 0 Å². The summed E-state index contributed by atoms with van der Waals surface area (Å²) in [5.74, 6) is 0. The zero-order valence-electron chi connectivity index (χ0n) is 15.0. The van der Waals surface area contributed by atoms with Gasteiger partial charge in [0.15, 0.2) is 0 Å². The second-order valence-electron chi connectivity index (χ2n) is 6.85. The zero-order valence-corrected chi connectivity index (χ0v) is 15.8. The van der Waals surface area contributed by atoms with E-state index < -0.39 is 0 Å². The van der Waals surface area contributed by atoms with Gasteiger partial charge in [-0.1, -0.05) is 85.1 Å². The minimum absolute atomic E-state index is 0.288. The van der Waals surface area contributed by atoms with Crippen LogP contribution in [0.25, 0.3) is 6.08 Å². The third kappa shape index (κ3) is 6.24. The van der Waals surface area contributed by atoms with Crippen molar-refractivity contribution in [3.63, 3.8) is 0 Å². The second kappa shape index (κ2) is 11.0. The van der Waals surface area contributed by atoms with E-state index in [1.165, 1.54) is 76.2 Å². The molecule has 22 heavy (non-hydrogen) atoms. The van der Waals surface area contributed by atoms with Gasteiger partial charge in [-0.05, 0) is 41.4 Å². The molecular formula is C20H35NS. The SMILES string of the molecule is C=Cc1nscc1C(C)(CCCCCC)CCCCCCC. The Balaban J connectivity index is 2.65. The van der Waals surface area contributed by atoms with Gasteiger partial charge in [0, 0.05) is 5.38 Å². The van der Waals surface area contributed by atoms with Gasteiger partial charge in [-0.15, -0.1) is 0 Å². The first-order chi connectivity index (χ1) is 10.7. The van der Waals surface area contributed by atoms with Gasteiger partial charge in [-0.25, -0.2) is 0 Å². The monoisotopic (exact) mass is 321 g/mol. The number of hydrogen-bond donors (Lipinski definition) is 0. The molecule has 1 aromatic rings. The summed E-state index contributed by atoms with van der Waals surface area (Å²) in [5.41, 5.74) is 2.85. The van der Waals surface area contributed by atoms with Gasteiger partial charge in [-0.2, -0.15) is 4.37 Å². The Hall–Kier alpha value is -0.630. The van der Waals surface area contributed by atoms with Crippen molar-refractivity contribution in [2.75, 3.05) is 0 Å². The molecular weight excluding hydrogens is 286 g/mol. The lowest BCUT2D eigenvalue weighted by atomic mass is 9.74. The summed E-state index contributed by atoms with van der Waals surface area (Å²) in [5, 5.41) is 2.27. The van der Waals surface area contributed by atoms with Crippen LogP contribution in [0.1, 0.15) is 103 Å². The molecule has 1 atom stereocenters. The van der Waals surface area contributed by atoms with Crippen molar-refractivity contribution in [3.05, 3.63) is 23.2 Å². The summed E-state index contributed by atoms with van der Waals surface area (Å²) in [7, 11) is 0. The Morgan fingerprint density at radius 2 is 1.55 bits per heavy atom. The molecule has 1 aromatic heterocycles. The Morgan fingerprint density at radius 1 is 1.00 bits per heavy atom. The molecule has 0 aromatic carbocycles. The molecule has 126 valence electrons. The number of hydrogen-bond acceptors (Lipinski definition) is 2. The van der Waals surface area contributed by atoms with Gasteiger partial charge in [0.2, 0.25) is 0 Å². The van der Waals surface area contributed by atoms with Crippen LogP contribution in [-0.4, -0.2) is 4.37 Å². The van der Waals surface area contributed by atoms with Gasteiger partial charge < -0.3 is 0 Å². The fourth-order valence-corrected chi connectivity index (χ4v) is 4.15. The molecule has 0 N–H and O–H groups in total. The third-order valence-corrected chi connectivity index (χ3v) is 5.50. The lowest BCUT2D eigenvalue weighted by molar-refractivity contribution is 0.363. The van der Waals surface area contributed by atoms with E-state index >= 15 is 0 Å². The molecule has 0 aliphatic heterocycles. The van der Waals surface area contributed by atoms with Crippen molar-refractivity contribution >= 4 is 17.6 Å². The number of rotatable bonds is 13. The molecule has 1 unspecified atom stereocenters. The van der Waals surface area contributed by atoms with Crippen molar-refractivity contribution in [2.24, 2.45) is 0 Å². The topological polar surface area (TPSA) is 12.9 Å². The highest BCUT2D eigenvalue weighted by atomic mass is 32.1. The van der Waals surface area contributed by atoms with E-state index in [1.807, 2.05) is 6.08 Å².